The molecule has 1 aromatic rings. The van der Waals surface area contributed by atoms with Crippen molar-refractivity contribution in [1.29, 1.82) is 0 Å². The molecule has 0 saturated heterocycles. The van der Waals surface area contributed by atoms with Gasteiger partial charge in [-0.1, -0.05) is 0 Å². The molecule has 14 heavy (non-hydrogen) atoms. The number of nitrogens with one attached hydrogen (secondary N) is 1. The number of aliphatic hydroxyl groups is 1. The van der Waals surface area contributed by atoms with Gasteiger partial charge in [0.05, 0.1) is 10.7 Å². The molecule has 0 amide bonds. The first-order valence-electron chi connectivity index (χ1n) is 4.97. The van der Waals surface area contributed by atoms with Crippen LogP contribution in [0.15, 0.2) is 5.38 Å². The van der Waals surface area contributed by atoms with Gasteiger partial charge in [-0.15, -0.1) is 11.3 Å². The summed E-state index contributed by atoms with van der Waals surface area (Å²) in [5.74, 6) is 0. The van der Waals surface area contributed by atoms with Crippen molar-refractivity contribution in [2.45, 2.75) is 39.3 Å². The first-order chi connectivity index (χ1) is 6.72. The third-order valence-electron chi connectivity index (χ3n) is 2.09. The highest BCUT2D eigenvalue weighted by Crippen LogP contribution is 2.08. The maximum absolute atomic E-state index is 8.67. The lowest BCUT2D eigenvalue weighted by atomic mass is 10.2. The Morgan fingerprint density at radius 2 is 2.43 bits per heavy atom. The fourth-order valence-electron chi connectivity index (χ4n) is 1.27. The maximum atomic E-state index is 8.67. The zero-order valence-electron chi connectivity index (χ0n) is 8.79. The van der Waals surface area contributed by atoms with Gasteiger partial charge in [0.25, 0.3) is 0 Å². The topological polar surface area (TPSA) is 45.2 Å². The second kappa shape index (κ2) is 6.11. The summed E-state index contributed by atoms with van der Waals surface area (Å²) < 4.78 is 0. The molecule has 0 radical (unpaired) electrons. The smallest absolute Gasteiger partial charge is 0.0897 e. The van der Waals surface area contributed by atoms with Crippen molar-refractivity contribution < 1.29 is 5.11 Å². The van der Waals surface area contributed by atoms with E-state index in [1.165, 1.54) is 0 Å². The van der Waals surface area contributed by atoms with Crippen LogP contribution in [0.5, 0.6) is 0 Å². The molecule has 0 aliphatic heterocycles. The van der Waals surface area contributed by atoms with Crippen LogP contribution in [0.3, 0.4) is 0 Å². The van der Waals surface area contributed by atoms with E-state index >= 15 is 0 Å². The van der Waals surface area contributed by atoms with Gasteiger partial charge < -0.3 is 10.4 Å². The lowest BCUT2D eigenvalue weighted by Gasteiger charge is -2.11. The van der Waals surface area contributed by atoms with E-state index in [9.17, 15) is 0 Å². The largest absolute Gasteiger partial charge is 0.396 e. The molecule has 0 fully saturated rings. The minimum atomic E-state index is 0.280. The van der Waals surface area contributed by atoms with Crippen LogP contribution in [0.1, 0.15) is 30.5 Å². The lowest BCUT2D eigenvalue weighted by molar-refractivity contribution is 0.276. The molecule has 0 aliphatic rings. The minimum absolute atomic E-state index is 0.280. The summed E-state index contributed by atoms with van der Waals surface area (Å²) in [7, 11) is 0. The Morgan fingerprint density at radius 3 is 3.00 bits per heavy atom. The standard InChI is InChI=1S/C10H18N2OS/c1-8(4-3-5-13)11-6-10-7-14-9(2)12-10/h7-8,11,13H,3-6H2,1-2H3. The molecule has 3 nitrogen and oxygen atoms in total. The predicted octanol–water partition coefficient (Wildman–Crippen LogP) is 1.70. The zero-order valence-corrected chi connectivity index (χ0v) is 9.60. The molecule has 1 atom stereocenters. The van der Waals surface area contributed by atoms with Crippen LogP contribution in [0, 0.1) is 6.92 Å². The second-order valence-corrected chi connectivity index (χ2v) is 4.57. The Balaban J connectivity index is 2.20. The minimum Gasteiger partial charge on any atom is -0.396 e. The third-order valence-corrected chi connectivity index (χ3v) is 2.92. The van der Waals surface area contributed by atoms with Crippen molar-refractivity contribution in [1.82, 2.24) is 10.3 Å². The molecule has 2 N–H and O–H groups in total. The van der Waals surface area contributed by atoms with E-state index in [2.05, 4.69) is 22.6 Å². The third kappa shape index (κ3) is 4.17. The zero-order chi connectivity index (χ0) is 10.4. The van der Waals surface area contributed by atoms with Gasteiger partial charge >= 0.3 is 0 Å². The van der Waals surface area contributed by atoms with Crippen LogP contribution in [-0.2, 0) is 6.54 Å². The summed E-state index contributed by atoms with van der Waals surface area (Å²) in [6.07, 6.45) is 1.88. The summed E-state index contributed by atoms with van der Waals surface area (Å²) >= 11 is 1.68. The van der Waals surface area contributed by atoms with E-state index in [4.69, 9.17) is 5.11 Å². The van der Waals surface area contributed by atoms with Gasteiger partial charge in [0.15, 0.2) is 0 Å². The lowest BCUT2D eigenvalue weighted by Crippen LogP contribution is -2.25. The number of nitrogens with zero attached hydrogens (tertiary/aromatic N) is 1. The highest BCUT2D eigenvalue weighted by Gasteiger charge is 2.02. The number of rotatable bonds is 6. The fourth-order valence-corrected chi connectivity index (χ4v) is 1.88. The molecular weight excluding hydrogens is 196 g/mol. The molecule has 1 heterocycles. The van der Waals surface area contributed by atoms with Crippen LogP contribution < -0.4 is 5.32 Å². The summed E-state index contributed by atoms with van der Waals surface area (Å²) in [6.45, 7) is 5.26. The van der Waals surface area contributed by atoms with Crippen LogP contribution in [0.25, 0.3) is 0 Å². The molecule has 0 spiro atoms. The van der Waals surface area contributed by atoms with E-state index in [1.54, 1.807) is 11.3 Å². The number of thiazole rings is 1. The van der Waals surface area contributed by atoms with Crippen molar-refractivity contribution in [3.8, 4) is 0 Å². The number of hydrogen-bond acceptors (Lipinski definition) is 4. The van der Waals surface area contributed by atoms with Crippen molar-refractivity contribution in [3.05, 3.63) is 16.1 Å². The monoisotopic (exact) mass is 214 g/mol. The van der Waals surface area contributed by atoms with Gasteiger partial charge in [0.2, 0.25) is 0 Å². The molecule has 1 unspecified atom stereocenters. The Morgan fingerprint density at radius 1 is 1.64 bits per heavy atom. The quantitative estimate of drug-likeness (QED) is 0.757. The van der Waals surface area contributed by atoms with Crippen LogP contribution in [-0.4, -0.2) is 22.7 Å². The summed E-state index contributed by atoms with van der Waals surface area (Å²) in [4.78, 5) is 4.37. The van der Waals surface area contributed by atoms with Gasteiger partial charge in [-0.2, -0.15) is 0 Å². The number of aliphatic hydroxyl groups excluding tert-OH is 1. The van der Waals surface area contributed by atoms with Crippen LogP contribution in [0.4, 0.5) is 0 Å². The average Bonchev–Trinajstić information content (AvgIpc) is 2.58. The highest BCUT2D eigenvalue weighted by atomic mass is 32.1. The Kier molecular flexibility index (Phi) is 5.07. The summed E-state index contributed by atoms with van der Waals surface area (Å²) in [6, 6.07) is 0.448. The van der Waals surface area contributed by atoms with E-state index < -0.39 is 0 Å². The second-order valence-electron chi connectivity index (χ2n) is 3.51. The molecule has 0 aromatic carbocycles. The maximum Gasteiger partial charge on any atom is 0.0897 e. The van der Waals surface area contributed by atoms with Gasteiger partial charge in [-0.25, -0.2) is 4.98 Å². The molecular formula is C10H18N2OS. The molecule has 0 saturated carbocycles. The predicted molar refractivity (Wildman–Crippen MR) is 59.5 cm³/mol. The number of aromatic nitrogens is 1. The summed E-state index contributed by atoms with van der Waals surface area (Å²) in [5, 5.41) is 15.2. The van der Waals surface area contributed by atoms with E-state index in [1.807, 2.05) is 6.92 Å². The fraction of sp³-hybridized carbons (Fsp3) is 0.700. The molecule has 4 heteroatoms. The van der Waals surface area contributed by atoms with Crippen molar-refractivity contribution in [3.63, 3.8) is 0 Å². The van der Waals surface area contributed by atoms with Gasteiger partial charge in [-0.3, -0.25) is 0 Å². The molecule has 1 aromatic heterocycles. The normalized spacial score (nSPS) is 13.1. The molecule has 0 bridgehead atoms. The van der Waals surface area contributed by atoms with Gasteiger partial charge in [0.1, 0.15) is 0 Å². The van der Waals surface area contributed by atoms with Crippen molar-refractivity contribution >= 4 is 11.3 Å². The molecule has 0 aliphatic carbocycles. The van der Waals surface area contributed by atoms with Gasteiger partial charge in [-0.05, 0) is 26.7 Å². The van der Waals surface area contributed by atoms with Crippen LogP contribution in [0.2, 0.25) is 0 Å². The highest BCUT2D eigenvalue weighted by molar-refractivity contribution is 7.09. The Hall–Kier alpha value is -0.450. The van der Waals surface area contributed by atoms with E-state index in [0.29, 0.717) is 6.04 Å². The molecule has 80 valence electrons. The Bertz CT molecular complexity index is 262. The number of hydrogen-bond donors (Lipinski definition) is 2. The first kappa shape index (κ1) is 11.6. The SMILES string of the molecule is Cc1nc(CNC(C)CCCO)cs1. The first-order valence-corrected chi connectivity index (χ1v) is 5.85. The number of aryl methyl sites for hydroxylation is 1. The van der Waals surface area contributed by atoms with E-state index in [0.717, 1.165) is 30.1 Å². The van der Waals surface area contributed by atoms with Gasteiger partial charge in [0, 0.05) is 24.6 Å². The van der Waals surface area contributed by atoms with Crippen molar-refractivity contribution in [2.75, 3.05) is 6.61 Å². The average molecular weight is 214 g/mol. The molecule has 1 rings (SSSR count). The van der Waals surface area contributed by atoms with Crippen molar-refractivity contribution in [2.24, 2.45) is 0 Å². The Labute approximate surface area is 89.2 Å². The van der Waals surface area contributed by atoms with Crippen LogP contribution >= 0.6 is 11.3 Å². The van der Waals surface area contributed by atoms with E-state index in [-0.39, 0.29) is 6.61 Å². The summed E-state index contributed by atoms with van der Waals surface area (Å²) in [5.41, 5.74) is 1.11.